The quantitative estimate of drug-likeness (QED) is 0.228. The second-order valence-corrected chi connectivity index (χ2v) is 10.00. The van der Waals surface area contributed by atoms with Crippen LogP contribution in [0.15, 0.2) is 17.4 Å². The molecule has 9 nitrogen and oxygen atoms in total. The summed E-state index contributed by atoms with van der Waals surface area (Å²) >= 11 is 13.8. The van der Waals surface area contributed by atoms with E-state index in [2.05, 4.69) is 27.6 Å². The molecule has 2 heterocycles. The van der Waals surface area contributed by atoms with Crippen LogP contribution in [0.1, 0.15) is 41.6 Å². The number of thiophene rings is 1. The number of aryl methyl sites for hydroxylation is 1. The standard InChI is InChI=1S/C15H16Cl2N6S.CH4O3S/c1-2-7-6-20-21-10-3-8(9-5-12(16)24-14(9)17)4-11(13(7)10)22-23-15(18)19;1-5(2,3)4/h5-6,8H,2-4H2,1H3,(H4,18,19,23);1H3,(H,2,3,4)/b22-11+;. The Balaban J connectivity index is 0.000000537. The maximum absolute atomic E-state index is 9.19. The molecular weight excluding hydrogens is 459 g/mol. The van der Waals surface area contributed by atoms with E-state index >= 15 is 0 Å². The molecule has 1 atom stereocenters. The van der Waals surface area contributed by atoms with Gasteiger partial charge in [0.2, 0.25) is 5.96 Å². The van der Waals surface area contributed by atoms with Crippen LogP contribution in [0.5, 0.6) is 0 Å². The topological polar surface area (TPSA) is 154 Å². The van der Waals surface area contributed by atoms with Crippen LogP contribution in [-0.2, 0) is 23.0 Å². The monoisotopic (exact) mass is 478 g/mol. The minimum atomic E-state index is -3.67. The van der Waals surface area contributed by atoms with Crippen LogP contribution in [-0.4, -0.2) is 41.1 Å². The highest BCUT2D eigenvalue weighted by Crippen LogP contribution is 2.41. The summed E-state index contributed by atoms with van der Waals surface area (Å²) in [4.78, 5) is 0. The van der Waals surface area contributed by atoms with E-state index in [4.69, 9.17) is 38.9 Å². The molecule has 2 aromatic rings. The molecule has 5 N–H and O–H groups in total. The predicted octanol–water partition coefficient (Wildman–Crippen LogP) is 2.83. The van der Waals surface area contributed by atoms with Gasteiger partial charge in [-0.05, 0) is 42.4 Å². The van der Waals surface area contributed by atoms with Gasteiger partial charge in [-0.15, -0.1) is 11.3 Å². The first-order valence-corrected chi connectivity index (χ1v) is 11.8. The number of nitrogens with zero attached hydrogens (tertiary/aromatic N) is 3. The Bertz CT molecular complexity index is 1030. The van der Waals surface area contributed by atoms with Crippen molar-refractivity contribution >= 4 is 56.3 Å². The summed E-state index contributed by atoms with van der Waals surface area (Å²) in [7, 11) is -3.67. The molecule has 0 aromatic carbocycles. The van der Waals surface area contributed by atoms with Crippen molar-refractivity contribution in [3.05, 3.63) is 43.3 Å². The van der Waals surface area contributed by atoms with E-state index in [0.717, 1.165) is 40.9 Å². The van der Waals surface area contributed by atoms with Crippen LogP contribution in [0.3, 0.4) is 0 Å². The van der Waals surface area contributed by atoms with Crippen molar-refractivity contribution in [1.82, 2.24) is 15.6 Å². The number of aromatic nitrogens is 2. The van der Waals surface area contributed by atoms with E-state index in [1.165, 1.54) is 11.3 Å². The van der Waals surface area contributed by atoms with Gasteiger partial charge in [-0.25, -0.2) is 5.43 Å². The van der Waals surface area contributed by atoms with Gasteiger partial charge >= 0.3 is 0 Å². The maximum Gasteiger partial charge on any atom is 0.261 e. The fraction of sp³-hybridized carbons (Fsp3) is 0.375. The molecular formula is C16H20Cl2N6O3S2. The molecule has 0 bridgehead atoms. The van der Waals surface area contributed by atoms with Crippen molar-refractivity contribution in [1.29, 1.82) is 5.41 Å². The molecule has 0 saturated carbocycles. The van der Waals surface area contributed by atoms with Crippen molar-refractivity contribution in [3.8, 4) is 0 Å². The van der Waals surface area contributed by atoms with Gasteiger partial charge in [0, 0.05) is 5.56 Å². The lowest BCUT2D eigenvalue weighted by molar-refractivity contribution is 0.490. The summed E-state index contributed by atoms with van der Waals surface area (Å²) in [5.74, 6) is -0.0921. The van der Waals surface area contributed by atoms with Crippen molar-refractivity contribution in [2.75, 3.05) is 6.26 Å². The first-order valence-electron chi connectivity index (χ1n) is 8.37. The molecule has 2 aromatic heterocycles. The van der Waals surface area contributed by atoms with Crippen LogP contribution in [0.2, 0.25) is 8.67 Å². The third-order valence-corrected chi connectivity index (χ3v) is 5.50. The Hall–Kier alpha value is -1.79. The molecule has 158 valence electrons. The molecule has 0 saturated heterocycles. The van der Waals surface area contributed by atoms with E-state index < -0.39 is 10.1 Å². The Kier molecular flexibility index (Phi) is 7.94. The molecule has 1 aliphatic carbocycles. The Morgan fingerprint density at radius 3 is 2.66 bits per heavy atom. The van der Waals surface area contributed by atoms with E-state index in [-0.39, 0.29) is 11.9 Å². The normalized spacial score (nSPS) is 17.3. The van der Waals surface area contributed by atoms with Crippen LogP contribution >= 0.6 is 34.5 Å². The molecule has 0 amide bonds. The van der Waals surface area contributed by atoms with Gasteiger partial charge in [0.1, 0.15) is 0 Å². The lowest BCUT2D eigenvalue weighted by Crippen LogP contribution is -2.30. The van der Waals surface area contributed by atoms with Crippen molar-refractivity contribution in [2.24, 2.45) is 10.8 Å². The van der Waals surface area contributed by atoms with Gasteiger partial charge in [0.25, 0.3) is 10.1 Å². The number of fused-ring (bicyclic) bond motifs is 1. The van der Waals surface area contributed by atoms with Gasteiger partial charge in [-0.3, -0.25) is 9.96 Å². The van der Waals surface area contributed by atoms with E-state index in [1.54, 1.807) is 6.20 Å². The first-order chi connectivity index (χ1) is 13.5. The summed E-state index contributed by atoms with van der Waals surface area (Å²) < 4.78 is 27.2. The number of rotatable bonds is 3. The Morgan fingerprint density at radius 1 is 1.48 bits per heavy atom. The number of halogens is 2. The van der Waals surface area contributed by atoms with E-state index in [1.807, 2.05) is 6.07 Å². The number of hydrogen-bond donors (Lipinski definition) is 4. The number of hydrazone groups is 1. The highest BCUT2D eigenvalue weighted by atomic mass is 35.5. The summed E-state index contributed by atoms with van der Waals surface area (Å²) in [6.45, 7) is 2.06. The summed E-state index contributed by atoms with van der Waals surface area (Å²) in [6.07, 6.45) is 4.69. The van der Waals surface area contributed by atoms with E-state index in [9.17, 15) is 8.42 Å². The second-order valence-electron chi connectivity index (χ2n) is 6.25. The third-order valence-electron chi connectivity index (χ3n) is 3.98. The van der Waals surface area contributed by atoms with Crippen molar-refractivity contribution in [3.63, 3.8) is 0 Å². The number of nitrogens with one attached hydrogen (secondary N) is 2. The smallest absolute Gasteiger partial charge is 0.261 e. The number of nitrogens with two attached hydrogens (primary N) is 1. The zero-order valence-corrected chi connectivity index (χ0v) is 18.8. The molecule has 0 aliphatic heterocycles. The highest BCUT2D eigenvalue weighted by Gasteiger charge is 2.30. The molecule has 0 fully saturated rings. The minimum absolute atomic E-state index is 0.114. The van der Waals surface area contributed by atoms with Crippen LogP contribution in [0.4, 0.5) is 0 Å². The second kappa shape index (κ2) is 9.81. The van der Waals surface area contributed by atoms with Crippen LogP contribution < -0.4 is 11.2 Å². The van der Waals surface area contributed by atoms with Crippen molar-refractivity contribution < 1.29 is 13.0 Å². The van der Waals surface area contributed by atoms with E-state index in [0.29, 0.717) is 21.3 Å². The SMILES string of the molecule is CCc1cnnc2c1/C(=N/NC(=N)N)CC(c1cc(Cl)sc1Cl)C2.CS(=O)(=O)O. The van der Waals surface area contributed by atoms with Gasteiger partial charge in [0.15, 0.2) is 0 Å². The van der Waals surface area contributed by atoms with Gasteiger partial charge in [-0.2, -0.15) is 23.7 Å². The fourth-order valence-electron chi connectivity index (χ4n) is 2.95. The highest BCUT2D eigenvalue weighted by molar-refractivity contribution is 7.85. The van der Waals surface area contributed by atoms with Gasteiger partial charge in [-0.1, -0.05) is 30.1 Å². The largest absolute Gasteiger partial charge is 0.369 e. The van der Waals surface area contributed by atoms with Crippen molar-refractivity contribution in [2.45, 2.75) is 32.1 Å². The average Bonchev–Trinajstić information content (AvgIpc) is 2.95. The molecule has 3 rings (SSSR count). The number of hydrogen-bond acceptors (Lipinski definition) is 7. The predicted molar refractivity (Wildman–Crippen MR) is 116 cm³/mol. The summed E-state index contributed by atoms with van der Waals surface area (Å²) in [6, 6.07) is 1.90. The van der Waals surface area contributed by atoms with Crippen LogP contribution in [0, 0.1) is 5.41 Å². The maximum atomic E-state index is 9.19. The third kappa shape index (κ3) is 6.89. The lowest BCUT2D eigenvalue weighted by atomic mass is 9.80. The zero-order valence-electron chi connectivity index (χ0n) is 15.6. The fourth-order valence-corrected chi connectivity index (χ4v) is 4.58. The van der Waals surface area contributed by atoms with Gasteiger partial charge in [0.05, 0.1) is 32.5 Å². The summed E-state index contributed by atoms with van der Waals surface area (Å²) in [5.41, 5.74) is 12.7. The zero-order chi connectivity index (χ0) is 21.8. The minimum Gasteiger partial charge on any atom is -0.369 e. The van der Waals surface area contributed by atoms with Gasteiger partial charge < -0.3 is 5.73 Å². The Morgan fingerprint density at radius 2 is 2.14 bits per heavy atom. The number of guanidine groups is 1. The molecule has 1 aliphatic rings. The first kappa shape index (κ1) is 23.5. The molecule has 1 unspecified atom stereocenters. The summed E-state index contributed by atoms with van der Waals surface area (Å²) in [5, 5.41) is 20.1. The lowest BCUT2D eigenvalue weighted by Gasteiger charge is -2.26. The molecule has 0 radical (unpaired) electrons. The molecule has 29 heavy (non-hydrogen) atoms. The van der Waals surface area contributed by atoms with Crippen LogP contribution in [0.25, 0.3) is 0 Å². The molecule has 13 heteroatoms. The Labute approximate surface area is 182 Å². The average molecular weight is 479 g/mol. The molecule has 0 spiro atoms.